The van der Waals surface area contributed by atoms with Crippen molar-refractivity contribution >= 4 is 34.3 Å². The normalized spacial score (nSPS) is 22.7. The van der Waals surface area contributed by atoms with Crippen LogP contribution < -0.4 is 10.6 Å². The molecular formula is C22H28N6O3S. The Balaban J connectivity index is 1.41. The molecule has 0 spiro atoms. The molecule has 4 heterocycles. The van der Waals surface area contributed by atoms with Crippen LogP contribution in [0.4, 0.5) is 9.93 Å². The molecule has 170 valence electrons. The lowest BCUT2D eigenvalue weighted by Gasteiger charge is -2.37. The second kappa shape index (κ2) is 9.33. The molecule has 3 atom stereocenters. The third-order valence-corrected chi connectivity index (χ3v) is 7.18. The average Bonchev–Trinajstić information content (AvgIpc) is 3.34. The summed E-state index contributed by atoms with van der Waals surface area (Å²) in [6.45, 7) is 7.33. The van der Waals surface area contributed by atoms with Gasteiger partial charge in [0.2, 0.25) is 5.91 Å². The minimum atomic E-state index is -0.507. The lowest BCUT2D eigenvalue weighted by molar-refractivity contribution is -0.129. The molecule has 0 bridgehead atoms. The molecule has 32 heavy (non-hydrogen) atoms. The number of urea groups is 1. The summed E-state index contributed by atoms with van der Waals surface area (Å²) in [4.78, 5) is 50.1. The summed E-state index contributed by atoms with van der Waals surface area (Å²) < 4.78 is 0. The standard InChI is InChI=1S/C22H28N6O3S/c1-13-6-7-16(9-23-13)11-28-20(30)19(26-22(28)31)17-5-4-8-27(12-17)14(2)18-10-24-21(32-18)25-15(3)29/h6-7,9-10,14,17,19H,4-5,8,11-12H2,1-3H3,(H,26,31)(H,24,25,29). The van der Waals surface area contributed by atoms with Crippen molar-refractivity contribution in [2.24, 2.45) is 5.92 Å². The number of thiazole rings is 1. The first kappa shape index (κ1) is 22.3. The lowest BCUT2D eigenvalue weighted by Crippen LogP contribution is -2.47. The molecular weight excluding hydrogens is 428 g/mol. The Morgan fingerprint density at radius 2 is 2.12 bits per heavy atom. The summed E-state index contributed by atoms with van der Waals surface area (Å²) in [6.07, 6.45) is 5.34. The van der Waals surface area contributed by atoms with Crippen molar-refractivity contribution in [3.63, 3.8) is 0 Å². The quantitative estimate of drug-likeness (QED) is 0.647. The van der Waals surface area contributed by atoms with E-state index in [1.165, 1.54) is 23.2 Å². The smallest absolute Gasteiger partial charge is 0.325 e. The number of hydrogen-bond donors (Lipinski definition) is 2. The number of nitrogens with zero attached hydrogens (tertiary/aromatic N) is 4. The number of pyridine rings is 1. The van der Waals surface area contributed by atoms with Crippen LogP contribution in [0, 0.1) is 12.8 Å². The number of carbonyl (C=O) groups is 3. The Morgan fingerprint density at radius 1 is 1.31 bits per heavy atom. The van der Waals surface area contributed by atoms with E-state index in [1.807, 2.05) is 19.1 Å². The molecule has 2 aromatic heterocycles. The van der Waals surface area contributed by atoms with Crippen molar-refractivity contribution in [1.82, 2.24) is 25.1 Å². The number of aromatic nitrogens is 2. The second-order valence-electron chi connectivity index (χ2n) is 8.48. The highest BCUT2D eigenvalue weighted by atomic mass is 32.1. The first-order valence-corrected chi connectivity index (χ1v) is 11.6. The van der Waals surface area contributed by atoms with E-state index < -0.39 is 6.04 Å². The number of likely N-dealkylation sites (tertiary alicyclic amines) is 1. The second-order valence-corrected chi connectivity index (χ2v) is 9.54. The van der Waals surface area contributed by atoms with E-state index in [0.717, 1.165) is 35.5 Å². The number of anilines is 1. The zero-order chi connectivity index (χ0) is 22.8. The van der Waals surface area contributed by atoms with Crippen LogP contribution in [0.5, 0.6) is 0 Å². The van der Waals surface area contributed by atoms with Crippen molar-refractivity contribution in [2.45, 2.75) is 52.2 Å². The fourth-order valence-corrected chi connectivity index (χ4v) is 5.27. The molecule has 0 radical (unpaired) electrons. The Labute approximate surface area is 191 Å². The number of rotatable bonds is 6. The molecule has 0 saturated carbocycles. The van der Waals surface area contributed by atoms with Gasteiger partial charge in [0, 0.05) is 48.4 Å². The molecule has 10 heteroatoms. The van der Waals surface area contributed by atoms with Crippen molar-refractivity contribution < 1.29 is 14.4 Å². The minimum Gasteiger partial charge on any atom is -0.325 e. The zero-order valence-corrected chi connectivity index (χ0v) is 19.3. The Kier molecular flexibility index (Phi) is 6.52. The van der Waals surface area contributed by atoms with Gasteiger partial charge < -0.3 is 10.6 Å². The number of piperidine rings is 1. The molecule has 2 fully saturated rings. The number of amides is 4. The third kappa shape index (κ3) is 4.81. The van der Waals surface area contributed by atoms with Crippen LogP contribution >= 0.6 is 11.3 Å². The highest BCUT2D eigenvalue weighted by Crippen LogP contribution is 2.33. The summed E-state index contributed by atoms with van der Waals surface area (Å²) in [6, 6.07) is 3.03. The van der Waals surface area contributed by atoms with Gasteiger partial charge in [-0.2, -0.15) is 0 Å². The lowest BCUT2D eigenvalue weighted by atomic mass is 9.89. The molecule has 2 aliphatic heterocycles. The predicted molar refractivity (Wildman–Crippen MR) is 121 cm³/mol. The van der Waals surface area contributed by atoms with E-state index in [9.17, 15) is 14.4 Å². The fourth-order valence-electron chi connectivity index (χ4n) is 4.32. The van der Waals surface area contributed by atoms with Crippen molar-refractivity contribution in [1.29, 1.82) is 0 Å². The summed E-state index contributed by atoms with van der Waals surface area (Å²) in [5.41, 5.74) is 1.73. The van der Waals surface area contributed by atoms with Gasteiger partial charge >= 0.3 is 6.03 Å². The molecule has 0 aromatic carbocycles. The van der Waals surface area contributed by atoms with Gasteiger partial charge in [0.1, 0.15) is 6.04 Å². The van der Waals surface area contributed by atoms with E-state index in [-0.39, 0.29) is 36.3 Å². The van der Waals surface area contributed by atoms with E-state index in [0.29, 0.717) is 11.7 Å². The van der Waals surface area contributed by atoms with Gasteiger partial charge in [-0.25, -0.2) is 9.78 Å². The van der Waals surface area contributed by atoms with Gasteiger partial charge in [-0.15, -0.1) is 11.3 Å². The summed E-state index contributed by atoms with van der Waals surface area (Å²) >= 11 is 1.46. The third-order valence-electron chi connectivity index (χ3n) is 6.10. The van der Waals surface area contributed by atoms with Crippen LogP contribution in [0.2, 0.25) is 0 Å². The van der Waals surface area contributed by atoms with Gasteiger partial charge in [0.15, 0.2) is 5.13 Å². The first-order chi connectivity index (χ1) is 15.3. The zero-order valence-electron chi connectivity index (χ0n) is 18.5. The Hall–Kier alpha value is -2.85. The number of hydrogen-bond acceptors (Lipinski definition) is 7. The molecule has 2 aromatic rings. The summed E-state index contributed by atoms with van der Waals surface area (Å²) in [5.74, 6) is -0.259. The predicted octanol–water partition coefficient (Wildman–Crippen LogP) is 2.70. The molecule has 2 aliphatic rings. The SMILES string of the molecule is CC(=O)Nc1ncc(C(C)N2CCCC(C3NC(=O)N(Cc4ccc(C)nc4)C3=O)C2)s1. The van der Waals surface area contributed by atoms with Crippen molar-refractivity contribution in [3.8, 4) is 0 Å². The fraction of sp³-hybridized carbons (Fsp3) is 0.500. The average molecular weight is 457 g/mol. The van der Waals surface area contributed by atoms with E-state index in [1.54, 1.807) is 12.4 Å². The number of nitrogens with one attached hydrogen (secondary N) is 2. The van der Waals surface area contributed by atoms with Crippen LogP contribution in [-0.4, -0.2) is 56.7 Å². The van der Waals surface area contributed by atoms with Gasteiger partial charge in [0.05, 0.1) is 6.54 Å². The van der Waals surface area contributed by atoms with Crippen molar-refractivity contribution in [3.05, 3.63) is 40.7 Å². The van der Waals surface area contributed by atoms with Gasteiger partial charge in [0.25, 0.3) is 5.91 Å². The van der Waals surface area contributed by atoms with Crippen LogP contribution in [0.1, 0.15) is 48.9 Å². The van der Waals surface area contributed by atoms with E-state index >= 15 is 0 Å². The first-order valence-electron chi connectivity index (χ1n) is 10.8. The Morgan fingerprint density at radius 3 is 2.84 bits per heavy atom. The van der Waals surface area contributed by atoms with Gasteiger partial charge in [-0.1, -0.05) is 6.07 Å². The summed E-state index contributed by atoms with van der Waals surface area (Å²) in [5, 5.41) is 6.23. The van der Waals surface area contributed by atoms with Crippen LogP contribution in [-0.2, 0) is 16.1 Å². The van der Waals surface area contributed by atoms with E-state index in [4.69, 9.17) is 0 Å². The molecule has 3 unspecified atom stereocenters. The molecule has 4 rings (SSSR count). The van der Waals surface area contributed by atoms with Gasteiger partial charge in [-0.05, 0) is 44.9 Å². The molecule has 0 aliphatic carbocycles. The van der Waals surface area contributed by atoms with Crippen LogP contribution in [0.25, 0.3) is 0 Å². The van der Waals surface area contributed by atoms with E-state index in [2.05, 4.69) is 32.4 Å². The highest BCUT2D eigenvalue weighted by molar-refractivity contribution is 7.15. The topological polar surface area (TPSA) is 108 Å². The summed E-state index contributed by atoms with van der Waals surface area (Å²) in [7, 11) is 0. The largest absolute Gasteiger partial charge is 0.325 e. The number of carbonyl (C=O) groups excluding carboxylic acids is 3. The number of aryl methyl sites for hydroxylation is 1. The molecule has 2 N–H and O–H groups in total. The monoisotopic (exact) mass is 456 g/mol. The highest BCUT2D eigenvalue weighted by Gasteiger charge is 2.44. The van der Waals surface area contributed by atoms with Gasteiger partial charge in [-0.3, -0.25) is 24.4 Å². The maximum absolute atomic E-state index is 13.1. The Bertz CT molecular complexity index is 1010. The molecule has 2 saturated heterocycles. The van der Waals surface area contributed by atoms with Crippen LogP contribution in [0.3, 0.4) is 0 Å². The number of imide groups is 1. The molecule has 4 amide bonds. The van der Waals surface area contributed by atoms with Crippen LogP contribution in [0.15, 0.2) is 24.5 Å². The molecule has 9 nitrogen and oxygen atoms in total. The maximum Gasteiger partial charge on any atom is 0.325 e. The minimum absolute atomic E-state index is 0.0477. The van der Waals surface area contributed by atoms with Crippen molar-refractivity contribution in [2.75, 3.05) is 18.4 Å². The maximum atomic E-state index is 13.1.